The third-order valence-electron chi connectivity index (χ3n) is 3.20. The number of rotatable bonds is 6. The average molecular weight is 320 g/mol. The molecule has 0 saturated heterocycles. The molecule has 1 rings (SSSR count). The van der Waals surface area contributed by atoms with Crippen molar-refractivity contribution in [2.75, 3.05) is 5.32 Å². The number of carboxylic acid groups (broad SMARTS) is 1. The number of nitriles is 1. The van der Waals surface area contributed by atoms with Crippen LogP contribution in [0.5, 0.6) is 0 Å². The summed E-state index contributed by atoms with van der Waals surface area (Å²) >= 11 is 1.08. The molecule has 2 N–H and O–H groups in total. The summed E-state index contributed by atoms with van der Waals surface area (Å²) in [4.78, 5) is 23.8. The molecule has 0 radical (unpaired) electrons. The van der Waals surface area contributed by atoms with Crippen molar-refractivity contribution in [2.45, 2.75) is 45.4 Å². The van der Waals surface area contributed by atoms with E-state index in [4.69, 9.17) is 10.4 Å². The molecule has 118 valence electrons. The lowest BCUT2D eigenvalue weighted by molar-refractivity contribution is -0.139. The molecule has 0 aliphatic rings. The molecule has 1 aromatic rings. The van der Waals surface area contributed by atoms with Crippen LogP contribution >= 0.6 is 11.8 Å². The van der Waals surface area contributed by atoms with Gasteiger partial charge in [-0.25, -0.2) is 0 Å². The molecule has 0 fully saturated rings. The highest BCUT2D eigenvalue weighted by molar-refractivity contribution is 8.03. The van der Waals surface area contributed by atoms with Crippen molar-refractivity contribution >= 4 is 29.3 Å². The van der Waals surface area contributed by atoms with Gasteiger partial charge in [0.1, 0.15) is 5.40 Å². The van der Waals surface area contributed by atoms with Crippen molar-refractivity contribution in [3.63, 3.8) is 0 Å². The second kappa shape index (κ2) is 7.32. The fourth-order valence-corrected chi connectivity index (χ4v) is 2.90. The first-order chi connectivity index (χ1) is 10.1. The maximum atomic E-state index is 12.2. The molecule has 0 atom stereocenters. The van der Waals surface area contributed by atoms with Gasteiger partial charge in [0.15, 0.2) is 0 Å². The Morgan fingerprint density at radius 3 is 2.27 bits per heavy atom. The van der Waals surface area contributed by atoms with Crippen molar-refractivity contribution in [1.29, 1.82) is 5.26 Å². The number of carboxylic acids is 1. The molecule has 0 aromatic heterocycles. The lowest BCUT2D eigenvalue weighted by atomic mass is 9.85. The minimum atomic E-state index is -0.914. The minimum absolute atomic E-state index is 0.0594. The van der Waals surface area contributed by atoms with E-state index in [1.807, 2.05) is 31.4 Å². The third-order valence-corrected chi connectivity index (χ3v) is 3.77. The highest BCUT2D eigenvalue weighted by Crippen LogP contribution is 2.29. The van der Waals surface area contributed by atoms with Gasteiger partial charge in [-0.3, -0.25) is 9.59 Å². The van der Waals surface area contributed by atoms with Crippen molar-refractivity contribution in [1.82, 2.24) is 0 Å². The van der Waals surface area contributed by atoms with Crippen LogP contribution in [0.1, 0.15) is 37.8 Å². The number of thiocyanates is 1. The molecule has 22 heavy (non-hydrogen) atoms. The summed E-state index contributed by atoms with van der Waals surface area (Å²) in [6.07, 6.45) is 0.0724. The quantitative estimate of drug-likeness (QED) is 0.616. The first-order valence-electron chi connectivity index (χ1n) is 6.83. The molecule has 0 aliphatic heterocycles. The number of benzene rings is 1. The van der Waals surface area contributed by atoms with Crippen LogP contribution in [0.3, 0.4) is 0 Å². The molecular weight excluding hydrogens is 300 g/mol. The first kappa shape index (κ1) is 18.1. The average Bonchev–Trinajstić information content (AvgIpc) is 2.31. The number of anilines is 1. The molecule has 1 aromatic carbocycles. The van der Waals surface area contributed by atoms with Gasteiger partial charge in [-0.15, -0.1) is 0 Å². The van der Waals surface area contributed by atoms with Crippen molar-refractivity contribution in [3.8, 4) is 5.40 Å². The Labute approximate surface area is 134 Å². The molecule has 6 heteroatoms. The first-order valence-corrected chi connectivity index (χ1v) is 7.65. The van der Waals surface area contributed by atoms with E-state index < -0.39 is 11.4 Å². The van der Waals surface area contributed by atoms with Crippen LogP contribution in [0.4, 0.5) is 5.69 Å². The molecule has 5 nitrogen and oxygen atoms in total. The Balaban J connectivity index is 2.85. The molecular formula is C16H20N2O3S. The molecule has 0 heterocycles. The van der Waals surface area contributed by atoms with Gasteiger partial charge in [0.05, 0.1) is 6.42 Å². The SMILES string of the molecule is Cc1cc(SC#N)cc(C)c1NC(=O)CC(C)(C)CC(=O)O. The number of nitrogens with zero attached hydrogens (tertiary/aromatic N) is 1. The second-order valence-electron chi connectivity index (χ2n) is 6.09. The number of carbonyl (C=O) groups is 2. The molecule has 0 bridgehead atoms. The van der Waals surface area contributed by atoms with Crippen LogP contribution in [0, 0.1) is 29.9 Å². The molecule has 0 spiro atoms. The van der Waals surface area contributed by atoms with Gasteiger partial charge in [-0.2, -0.15) is 5.26 Å². The summed E-state index contributed by atoms with van der Waals surface area (Å²) in [5.41, 5.74) is 1.87. The largest absolute Gasteiger partial charge is 0.481 e. The van der Waals surface area contributed by atoms with E-state index in [1.54, 1.807) is 13.8 Å². The Morgan fingerprint density at radius 2 is 1.82 bits per heavy atom. The number of thioether (sulfide) groups is 1. The third kappa shape index (κ3) is 5.41. The lowest BCUT2D eigenvalue weighted by Crippen LogP contribution is -2.25. The van der Waals surface area contributed by atoms with E-state index in [0.29, 0.717) is 0 Å². The Kier molecular flexibility index (Phi) is 6.01. The normalized spacial score (nSPS) is 10.9. The van der Waals surface area contributed by atoms with Gasteiger partial charge in [0.25, 0.3) is 0 Å². The van der Waals surface area contributed by atoms with E-state index in [2.05, 4.69) is 5.32 Å². The van der Waals surface area contributed by atoms with Crippen molar-refractivity contribution < 1.29 is 14.7 Å². The van der Waals surface area contributed by atoms with Crippen LogP contribution in [0.25, 0.3) is 0 Å². The fraction of sp³-hybridized carbons (Fsp3) is 0.438. The highest BCUT2D eigenvalue weighted by atomic mass is 32.2. The molecule has 1 amide bonds. The predicted molar refractivity (Wildman–Crippen MR) is 86.7 cm³/mol. The number of nitrogens with one attached hydrogen (secondary N) is 1. The van der Waals surface area contributed by atoms with Crippen LogP contribution in [0.2, 0.25) is 0 Å². The lowest BCUT2D eigenvalue weighted by Gasteiger charge is -2.22. The maximum absolute atomic E-state index is 12.2. The number of hydrogen-bond donors (Lipinski definition) is 2. The van der Waals surface area contributed by atoms with Crippen molar-refractivity contribution in [2.24, 2.45) is 5.41 Å². The maximum Gasteiger partial charge on any atom is 0.303 e. The molecule has 0 unspecified atom stereocenters. The zero-order chi connectivity index (χ0) is 16.9. The van der Waals surface area contributed by atoms with E-state index in [1.165, 1.54) is 0 Å². The minimum Gasteiger partial charge on any atom is -0.481 e. The number of aliphatic carboxylic acids is 1. The predicted octanol–water partition coefficient (Wildman–Crippen LogP) is 3.71. The summed E-state index contributed by atoms with van der Waals surface area (Å²) in [5.74, 6) is -1.12. The van der Waals surface area contributed by atoms with Crippen molar-refractivity contribution in [3.05, 3.63) is 23.3 Å². The van der Waals surface area contributed by atoms with Crippen LogP contribution in [-0.2, 0) is 9.59 Å². The summed E-state index contributed by atoms with van der Waals surface area (Å²) < 4.78 is 0. The number of hydrogen-bond acceptors (Lipinski definition) is 4. The Morgan fingerprint density at radius 1 is 1.27 bits per heavy atom. The standard InChI is InChI=1S/C16H20N2O3S/c1-10-5-12(22-9-17)6-11(2)15(10)18-13(19)7-16(3,4)8-14(20)21/h5-6H,7-8H2,1-4H3,(H,18,19)(H,20,21). The van der Waals surface area contributed by atoms with Crippen LogP contribution in [0.15, 0.2) is 17.0 Å². The Bertz CT molecular complexity index is 610. The van der Waals surface area contributed by atoms with Gasteiger partial charge < -0.3 is 10.4 Å². The van der Waals surface area contributed by atoms with Crippen LogP contribution < -0.4 is 5.32 Å². The molecule has 0 aliphatic carbocycles. The summed E-state index contributed by atoms with van der Waals surface area (Å²) in [7, 11) is 0. The topological polar surface area (TPSA) is 90.2 Å². The monoisotopic (exact) mass is 320 g/mol. The van der Waals surface area contributed by atoms with Gasteiger partial charge >= 0.3 is 5.97 Å². The van der Waals surface area contributed by atoms with E-state index >= 15 is 0 Å². The summed E-state index contributed by atoms with van der Waals surface area (Å²) in [5, 5.41) is 22.4. The highest BCUT2D eigenvalue weighted by Gasteiger charge is 2.25. The van der Waals surface area contributed by atoms with Crippen LogP contribution in [-0.4, -0.2) is 17.0 Å². The summed E-state index contributed by atoms with van der Waals surface area (Å²) in [6.45, 7) is 7.25. The zero-order valence-corrected chi connectivity index (χ0v) is 14.0. The fourth-order valence-electron chi connectivity index (χ4n) is 2.32. The van der Waals surface area contributed by atoms with Gasteiger partial charge in [-0.05, 0) is 54.3 Å². The smallest absolute Gasteiger partial charge is 0.303 e. The number of carbonyl (C=O) groups excluding carboxylic acids is 1. The van der Waals surface area contributed by atoms with E-state index in [0.717, 1.165) is 33.5 Å². The van der Waals surface area contributed by atoms with Gasteiger partial charge in [0.2, 0.25) is 5.91 Å². The number of amides is 1. The second-order valence-corrected chi connectivity index (χ2v) is 6.94. The van der Waals surface area contributed by atoms with Gasteiger partial charge in [-0.1, -0.05) is 13.8 Å². The van der Waals surface area contributed by atoms with E-state index in [-0.39, 0.29) is 18.7 Å². The Hall–Kier alpha value is -2.00. The van der Waals surface area contributed by atoms with E-state index in [9.17, 15) is 9.59 Å². The number of aryl methyl sites for hydroxylation is 2. The van der Waals surface area contributed by atoms with Gasteiger partial charge in [0, 0.05) is 17.0 Å². The summed E-state index contributed by atoms with van der Waals surface area (Å²) in [6, 6.07) is 3.69. The zero-order valence-electron chi connectivity index (χ0n) is 13.2. The molecule has 0 saturated carbocycles.